The summed E-state index contributed by atoms with van der Waals surface area (Å²) < 4.78 is 0. The van der Waals surface area contributed by atoms with Crippen LogP contribution in [0.4, 0.5) is 0 Å². The number of pyridine rings is 1. The van der Waals surface area contributed by atoms with Gasteiger partial charge in [-0.25, -0.2) is 4.98 Å². The topological polar surface area (TPSA) is 132 Å². The van der Waals surface area contributed by atoms with Gasteiger partial charge in [-0.15, -0.1) is 0 Å². The van der Waals surface area contributed by atoms with Gasteiger partial charge in [0.15, 0.2) is 0 Å². The standard InChI is InChI=1S/C42H59N5O4/c1-42(2,3)47-40(50)33(25-30-16-8-5-9-17-30)27-43-28-34(48)26-32(24-29-14-6-4-7-15-29)39(49)45-36-20-12-13-21-37(36)46-41(51)38-23-22-31-18-10-11-19-35(31)44-38/h4,6-7,10-11,14-15,18-19,22-23,30,32-34,36-37,43,48H,5,8-9,12-13,16-17,20-21,24-28H2,1-3H3,(H,45,49)(H,46,51)(H,47,50)/t32?,33-,34?,36-,37-/m0/s1. The van der Waals surface area contributed by atoms with Crippen LogP contribution in [0.2, 0.25) is 0 Å². The maximum absolute atomic E-state index is 14.0. The molecule has 5 atom stereocenters. The molecule has 2 aromatic carbocycles. The number of nitrogens with zero attached hydrogens (tertiary/aromatic N) is 1. The van der Waals surface area contributed by atoms with Crippen molar-refractivity contribution in [1.82, 2.24) is 26.3 Å². The Kier molecular flexibility index (Phi) is 14.0. The number of benzene rings is 2. The van der Waals surface area contributed by atoms with Gasteiger partial charge in [-0.05, 0) is 76.5 Å². The quantitative estimate of drug-likeness (QED) is 0.131. The monoisotopic (exact) mass is 697 g/mol. The van der Waals surface area contributed by atoms with Gasteiger partial charge in [-0.2, -0.15) is 0 Å². The summed E-state index contributed by atoms with van der Waals surface area (Å²) in [6, 6.07) is 20.8. The highest BCUT2D eigenvalue weighted by atomic mass is 16.3. The highest BCUT2D eigenvalue weighted by Gasteiger charge is 2.32. The summed E-state index contributed by atoms with van der Waals surface area (Å²) >= 11 is 0. The van der Waals surface area contributed by atoms with E-state index in [-0.39, 0.29) is 47.7 Å². The molecule has 3 amide bonds. The van der Waals surface area contributed by atoms with Crippen molar-refractivity contribution < 1.29 is 19.5 Å². The molecule has 1 aromatic heterocycles. The zero-order chi connectivity index (χ0) is 36.2. The lowest BCUT2D eigenvalue weighted by molar-refractivity contribution is -0.127. The first-order valence-corrected chi connectivity index (χ1v) is 19.3. The van der Waals surface area contributed by atoms with Gasteiger partial charge in [0.1, 0.15) is 5.69 Å². The summed E-state index contributed by atoms with van der Waals surface area (Å²) in [6.45, 7) is 6.79. The number of rotatable bonds is 15. The molecule has 2 saturated carbocycles. The molecule has 2 fully saturated rings. The smallest absolute Gasteiger partial charge is 0.270 e. The van der Waals surface area contributed by atoms with E-state index in [2.05, 4.69) is 26.3 Å². The normalized spacial score (nSPS) is 20.2. The van der Waals surface area contributed by atoms with Crippen molar-refractivity contribution in [2.45, 2.75) is 122 Å². The van der Waals surface area contributed by atoms with Crippen LogP contribution in [-0.4, -0.2) is 64.6 Å². The average molecular weight is 698 g/mol. The minimum absolute atomic E-state index is 0.0573. The summed E-state index contributed by atoms with van der Waals surface area (Å²) in [5, 5.41) is 25.3. The zero-order valence-electron chi connectivity index (χ0n) is 30.8. The predicted octanol–water partition coefficient (Wildman–Crippen LogP) is 6.09. The molecule has 0 spiro atoms. The lowest BCUT2D eigenvalue weighted by Crippen LogP contribution is -2.54. The Morgan fingerprint density at radius 3 is 2.16 bits per heavy atom. The molecule has 0 aliphatic heterocycles. The molecule has 2 aliphatic carbocycles. The third-order valence-electron chi connectivity index (χ3n) is 10.5. The van der Waals surface area contributed by atoms with Gasteiger partial charge in [0.2, 0.25) is 11.8 Å². The maximum Gasteiger partial charge on any atom is 0.270 e. The first-order chi connectivity index (χ1) is 24.5. The summed E-state index contributed by atoms with van der Waals surface area (Å²) in [7, 11) is 0. The highest BCUT2D eigenvalue weighted by molar-refractivity contribution is 5.95. The van der Waals surface area contributed by atoms with Crippen molar-refractivity contribution in [3.63, 3.8) is 0 Å². The number of para-hydroxylation sites is 1. The first kappa shape index (κ1) is 38.4. The van der Waals surface area contributed by atoms with E-state index >= 15 is 0 Å². The number of fused-ring (bicyclic) bond motifs is 1. The Balaban J connectivity index is 1.20. The fraction of sp³-hybridized carbons (Fsp3) is 0.571. The molecule has 0 bridgehead atoms. The fourth-order valence-electron chi connectivity index (χ4n) is 7.81. The van der Waals surface area contributed by atoms with Crippen LogP contribution in [0.3, 0.4) is 0 Å². The van der Waals surface area contributed by atoms with Crippen LogP contribution in [0, 0.1) is 17.8 Å². The second kappa shape index (κ2) is 18.6. The van der Waals surface area contributed by atoms with Gasteiger partial charge in [-0.3, -0.25) is 14.4 Å². The van der Waals surface area contributed by atoms with E-state index in [1.165, 1.54) is 32.1 Å². The third-order valence-corrected chi connectivity index (χ3v) is 10.5. The average Bonchev–Trinajstić information content (AvgIpc) is 3.11. The van der Waals surface area contributed by atoms with Gasteiger partial charge in [0.25, 0.3) is 5.91 Å². The molecule has 5 N–H and O–H groups in total. The van der Waals surface area contributed by atoms with E-state index in [1.807, 2.05) is 81.4 Å². The SMILES string of the molecule is CC(C)(C)NC(=O)[C@H](CNCC(O)CC(Cc1ccccc1)C(=O)N[C@H]1CCCC[C@@H]1NC(=O)c1ccc2ccccc2n1)CC1CCCCC1. The van der Waals surface area contributed by atoms with Crippen molar-refractivity contribution in [1.29, 1.82) is 0 Å². The van der Waals surface area contributed by atoms with Crippen LogP contribution in [0.25, 0.3) is 10.9 Å². The van der Waals surface area contributed by atoms with Gasteiger partial charge in [0.05, 0.1) is 17.5 Å². The number of nitrogens with one attached hydrogen (secondary N) is 4. The van der Waals surface area contributed by atoms with Crippen molar-refractivity contribution in [2.24, 2.45) is 17.8 Å². The number of amides is 3. The minimum Gasteiger partial charge on any atom is -0.392 e. The molecule has 9 nitrogen and oxygen atoms in total. The number of hydrogen-bond acceptors (Lipinski definition) is 6. The molecule has 9 heteroatoms. The van der Waals surface area contributed by atoms with Crippen molar-refractivity contribution in [3.8, 4) is 0 Å². The zero-order valence-corrected chi connectivity index (χ0v) is 30.8. The molecule has 3 aromatic rings. The molecular formula is C42H59N5O4. The van der Waals surface area contributed by atoms with Gasteiger partial charge < -0.3 is 26.4 Å². The van der Waals surface area contributed by atoms with Gasteiger partial charge in [0, 0.05) is 42.0 Å². The van der Waals surface area contributed by atoms with Crippen LogP contribution in [0.15, 0.2) is 66.7 Å². The Labute approximate surface area is 304 Å². The lowest BCUT2D eigenvalue weighted by Gasteiger charge is -2.34. The summed E-state index contributed by atoms with van der Waals surface area (Å²) in [5.41, 5.74) is 1.84. The van der Waals surface area contributed by atoms with Crippen molar-refractivity contribution in [3.05, 3.63) is 78.0 Å². The van der Waals surface area contributed by atoms with Crippen molar-refractivity contribution >= 4 is 28.6 Å². The second-order valence-corrected chi connectivity index (χ2v) is 16.0. The van der Waals surface area contributed by atoms with Crippen LogP contribution in [-0.2, 0) is 16.0 Å². The number of aliphatic hydroxyl groups excluding tert-OH is 1. The maximum atomic E-state index is 14.0. The van der Waals surface area contributed by atoms with Crippen molar-refractivity contribution in [2.75, 3.05) is 13.1 Å². The minimum atomic E-state index is -0.772. The van der Waals surface area contributed by atoms with E-state index in [4.69, 9.17) is 0 Å². The Morgan fingerprint density at radius 1 is 0.765 bits per heavy atom. The number of aliphatic hydroxyl groups is 1. The van der Waals surface area contributed by atoms with Crippen LogP contribution >= 0.6 is 0 Å². The Morgan fingerprint density at radius 2 is 1.43 bits per heavy atom. The number of carbonyl (C=O) groups excluding carboxylic acids is 3. The highest BCUT2D eigenvalue weighted by Crippen LogP contribution is 2.29. The molecule has 1 heterocycles. The molecule has 0 radical (unpaired) electrons. The second-order valence-electron chi connectivity index (χ2n) is 16.0. The van der Waals surface area contributed by atoms with E-state index in [0.717, 1.165) is 48.6 Å². The van der Waals surface area contributed by atoms with Crippen LogP contribution in [0.1, 0.15) is 107 Å². The fourth-order valence-corrected chi connectivity index (χ4v) is 7.81. The molecule has 2 aliphatic rings. The van der Waals surface area contributed by atoms with Crippen LogP contribution in [0.5, 0.6) is 0 Å². The summed E-state index contributed by atoms with van der Waals surface area (Å²) in [6.07, 6.45) is 10.4. The number of hydrogen-bond donors (Lipinski definition) is 5. The largest absolute Gasteiger partial charge is 0.392 e. The first-order valence-electron chi connectivity index (χ1n) is 19.3. The van der Waals surface area contributed by atoms with Gasteiger partial charge >= 0.3 is 0 Å². The molecule has 2 unspecified atom stereocenters. The lowest BCUT2D eigenvalue weighted by atomic mass is 9.82. The Hall–Kier alpha value is -3.82. The number of aromatic nitrogens is 1. The van der Waals surface area contributed by atoms with E-state index in [9.17, 15) is 19.5 Å². The third kappa shape index (κ3) is 12.1. The summed E-state index contributed by atoms with van der Waals surface area (Å²) in [5.74, 6) is -0.392. The Bertz CT molecular complexity index is 1570. The molecule has 0 saturated heterocycles. The van der Waals surface area contributed by atoms with E-state index < -0.39 is 12.0 Å². The molecule has 276 valence electrons. The number of carbonyl (C=O) groups is 3. The predicted molar refractivity (Wildman–Crippen MR) is 203 cm³/mol. The molecular weight excluding hydrogens is 638 g/mol. The van der Waals surface area contributed by atoms with Crippen LogP contribution < -0.4 is 21.3 Å². The van der Waals surface area contributed by atoms with Gasteiger partial charge in [-0.1, -0.05) is 99.5 Å². The molecule has 5 rings (SSSR count). The van der Waals surface area contributed by atoms with E-state index in [0.29, 0.717) is 31.1 Å². The molecule has 51 heavy (non-hydrogen) atoms. The summed E-state index contributed by atoms with van der Waals surface area (Å²) in [4.78, 5) is 45.2. The van der Waals surface area contributed by atoms with E-state index in [1.54, 1.807) is 6.07 Å².